The number of ether oxygens (including phenoxy) is 1. The minimum absolute atomic E-state index is 0.0114. The first-order chi connectivity index (χ1) is 17.3. The molecule has 9 heteroatoms. The highest BCUT2D eigenvalue weighted by atomic mass is 35.5. The average Bonchev–Trinajstić information content (AvgIpc) is 2.87. The number of halogens is 1. The number of hydrazone groups is 1. The molecule has 0 bridgehead atoms. The van der Waals surface area contributed by atoms with Gasteiger partial charge in [0, 0.05) is 25.3 Å². The van der Waals surface area contributed by atoms with E-state index >= 15 is 0 Å². The summed E-state index contributed by atoms with van der Waals surface area (Å²) in [6.45, 7) is 2.12. The van der Waals surface area contributed by atoms with Crippen LogP contribution in [-0.4, -0.2) is 43.8 Å². The molecule has 2 amide bonds. The Labute approximate surface area is 214 Å². The maximum atomic E-state index is 13.0. The van der Waals surface area contributed by atoms with Crippen molar-refractivity contribution in [2.24, 2.45) is 5.10 Å². The molecule has 0 aliphatic rings. The van der Waals surface area contributed by atoms with E-state index in [9.17, 15) is 14.7 Å². The molecule has 186 valence electrons. The molecular formula is C27H27ClN4O4. The number of amides is 2. The van der Waals surface area contributed by atoms with E-state index in [4.69, 9.17) is 16.3 Å². The molecule has 3 rings (SSSR count). The Morgan fingerprint density at radius 1 is 1.06 bits per heavy atom. The predicted molar refractivity (Wildman–Crippen MR) is 143 cm³/mol. The standard InChI is InChI=1S/C27H27ClN4O4/c1-4-36-24-16-19(14-22(28)25(24)33)17-29-31-27(35)23(30-26(34)20-8-6-5-7-9-20)15-18-10-12-21(13-11-18)32(2)3/h5-17,33H,4H2,1-3H3,(H,30,34)(H,31,35)/b23-15-,29-17-. The van der Waals surface area contributed by atoms with Gasteiger partial charge in [0.15, 0.2) is 11.5 Å². The molecule has 0 atom stereocenters. The van der Waals surface area contributed by atoms with E-state index in [0.717, 1.165) is 11.3 Å². The summed E-state index contributed by atoms with van der Waals surface area (Å²) >= 11 is 6.04. The van der Waals surface area contributed by atoms with Crippen LogP contribution < -0.4 is 20.4 Å². The van der Waals surface area contributed by atoms with Gasteiger partial charge >= 0.3 is 0 Å². The third kappa shape index (κ3) is 7.10. The van der Waals surface area contributed by atoms with Gasteiger partial charge in [-0.25, -0.2) is 5.43 Å². The first-order valence-electron chi connectivity index (χ1n) is 11.1. The van der Waals surface area contributed by atoms with Crippen molar-refractivity contribution in [2.75, 3.05) is 25.6 Å². The number of hydrogen-bond acceptors (Lipinski definition) is 6. The summed E-state index contributed by atoms with van der Waals surface area (Å²) in [5, 5.41) is 16.7. The van der Waals surface area contributed by atoms with E-state index in [-0.39, 0.29) is 22.2 Å². The molecule has 0 aromatic heterocycles. The smallest absolute Gasteiger partial charge is 0.287 e. The molecule has 0 radical (unpaired) electrons. The van der Waals surface area contributed by atoms with Gasteiger partial charge in [-0.3, -0.25) is 9.59 Å². The summed E-state index contributed by atoms with van der Waals surface area (Å²) in [6.07, 6.45) is 2.92. The number of benzene rings is 3. The Hall–Kier alpha value is -4.30. The van der Waals surface area contributed by atoms with Gasteiger partial charge in [0.05, 0.1) is 17.8 Å². The minimum atomic E-state index is -0.623. The second-order valence-electron chi connectivity index (χ2n) is 7.85. The van der Waals surface area contributed by atoms with Crippen LogP contribution >= 0.6 is 11.6 Å². The summed E-state index contributed by atoms with van der Waals surface area (Å²) in [5.41, 5.74) is 5.05. The predicted octanol–water partition coefficient (Wildman–Crippen LogP) is 4.43. The largest absolute Gasteiger partial charge is 0.503 e. The van der Waals surface area contributed by atoms with E-state index < -0.39 is 11.8 Å². The van der Waals surface area contributed by atoms with Crippen LogP contribution in [0.4, 0.5) is 5.69 Å². The van der Waals surface area contributed by atoms with Gasteiger partial charge in [0.2, 0.25) is 0 Å². The lowest BCUT2D eigenvalue weighted by atomic mass is 10.1. The number of nitrogens with zero attached hydrogens (tertiary/aromatic N) is 2. The first-order valence-corrected chi connectivity index (χ1v) is 11.5. The molecule has 0 aliphatic heterocycles. The van der Waals surface area contributed by atoms with Gasteiger partial charge in [-0.2, -0.15) is 5.10 Å². The summed E-state index contributed by atoms with van der Waals surface area (Å²) in [4.78, 5) is 27.6. The Morgan fingerprint density at radius 2 is 1.75 bits per heavy atom. The van der Waals surface area contributed by atoms with E-state index in [1.54, 1.807) is 49.4 Å². The van der Waals surface area contributed by atoms with Crippen molar-refractivity contribution in [1.29, 1.82) is 0 Å². The number of anilines is 1. The molecule has 0 saturated carbocycles. The fourth-order valence-corrected chi connectivity index (χ4v) is 3.36. The minimum Gasteiger partial charge on any atom is -0.503 e. The number of phenolic OH excluding ortho intramolecular Hbond substituents is 1. The van der Waals surface area contributed by atoms with Gasteiger partial charge in [-0.05, 0) is 60.5 Å². The number of rotatable bonds is 9. The fourth-order valence-electron chi connectivity index (χ4n) is 3.14. The van der Waals surface area contributed by atoms with Crippen molar-refractivity contribution in [2.45, 2.75) is 6.92 Å². The molecule has 3 N–H and O–H groups in total. The maximum Gasteiger partial charge on any atom is 0.287 e. The van der Waals surface area contributed by atoms with Crippen molar-refractivity contribution in [3.63, 3.8) is 0 Å². The van der Waals surface area contributed by atoms with Gasteiger partial charge in [0.1, 0.15) is 5.70 Å². The van der Waals surface area contributed by atoms with Crippen molar-refractivity contribution in [3.8, 4) is 11.5 Å². The highest BCUT2D eigenvalue weighted by Crippen LogP contribution is 2.34. The third-order valence-corrected chi connectivity index (χ3v) is 5.27. The quantitative estimate of drug-likeness (QED) is 0.226. The molecule has 8 nitrogen and oxygen atoms in total. The zero-order valence-corrected chi connectivity index (χ0v) is 20.9. The Balaban J connectivity index is 1.83. The van der Waals surface area contributed by atoms with Crippen LogP contribution in [0.1, 0.15) is 28.4 Å². The van der Waals surface area contributed by atoms with E-state index in [1.165, 1.54) is 12.3 Å². The van der Waals surface area contributed by atoms with Crippen LogP contribution in [0.15, 0.2) is 77.5 Å². The molecular weight excluding hydrogens is 480 g/mol. The van der Waals surface area contributed by atoms with Crippen molar-refractivity contribution in [3.05, 3.63) is 94.1 Å². The van der Waals surface area contributed by atoms with Gasteiger partial charge < -0.3 is 20.1 Å². The van der Waals surface area contributed by atoms with Crippen LogP contribution in [0.2, 0.25) is 5.02 Å². The number of hydrogen-bond donors (Lipinski definition) is 3. The van der Waals surface area contributed by atoms with Crippen LogP contribution in [0.5, 0.6) is 11.5 Å². The number of phenols is 1. The van der Waals surface area contributed by atoms with Gasteiger partial charge in [-0.15, -0.1) is 0 Å². The highest BCUT2D eigenvalue weighted by molar-refractivity contribution is 6.32. The Morgan fingerprint density at radius 3 is 2.39 bits per heavy atom. The Bertz CT molecular complexity index is 1270. The second-order valence-corrected chi connectivity index (χ2v) is 8.25. The average molecular weight is 507 g/mol. The lowest BCUT2D eigenvalue weighted by Crippen LogP contribution is -2.32. The molecule has 3 aromatic carbocycles. The number of carbonyl (C=O) groups is 2. The van der Waals surface area contributed by atoms with Crippen LogP contribution in [0.3, 0.4) is 0 Å². The molecule has 3 aromatic rings. The van der Waals surface area contributed by atoms with Gasteiger partial charge in [0.25, 0.3) is 11.8 Å². The lowest BCUT2D eigenvalue weighted by molar-refractivity contribution is -0.117. The molecule has 0 spiro atoms. The van der Waals surface area contributed by atoms with E-state index in [2.05, 4.69) is 15.8 Å². The number of nitrogens with one attached hydrogen (secondary N) is 2. The van der Waals surface area contributed by atoms with Crippen LogP contribution in [0.25, 0.3) is 6.08 Å². The summed E-state index contributed by atoms with van der Waals surface area (Å²) in [7, 11) is 3.86. The van der Waals surface area contributed by atoms with Crippen molar-refractivity contribution in [1.82, 2.24) is 10.7 Å². The highest BCUT2D eigenvalue weighted by Gasteiger charge is 2.15. The SMILES string of the molecule is CCOc1cc(/C=N\NC(=O)/C(=C/c2ccc(N(C)C)cc2)NC(=O)c2ccccc2)cc(Cl)c1O. The maximum absolute atomic E-state index is 13.0. The topological polar surface area (TPSA) is 103 Å². The van der Waals surface area contributed by atoms with Crippen molar-refractivity contribution < 1.29 is 19.4 Å². The summed E-state index contributed by atoms with van der Waals surface area (Å²) < 4.78 is 5.36. The van der Waals surface area contributed by atoms with Crippen LogP contribution in [-0.2, 0) is 4.79 Å². The third-order valence-electron chi connectivity index (χ3n) is 4.98. The molecule has 0 heterocycles. The normalized spacial score (nSPS) is 11.3. The lowest BCUT2D eigenvalue weighted by Gasteiger charge is -2.12. The first kappa shape index (κ1) is 26.3. The molecule has 0 saturated heterocycles. The monoisotopic (exact) mass is 506 g/mol. The van der Waals surface area contributed by atoms with Crippen LogP contribution in [0, 0.1) is 0 Å². The zero-order valence-electron chi connectivity index (χ0n) is 20.2. The second kappa shape index (κ2) is 12.4. The molecule has 0 aliphatic carbocycles. The zero-order chi connectivity index (χ0) is 26.1. The number of carbonyl (C=O) groups excluding carboxylic acids is 2. The van der Waals surface area contributed by atoms with Gasteiger partial charge in [-0.1, -0.05) is 41.9 Å². The molecule has 36 heavy (non-hydrogen) atoms. The van der Waals surface area contributed by atoms with E-state index in [0.29, 0.717) is 17.7 Å². The molecule has 0 unspecified atom stereocenters. The number of aromatic hydroxyl groups is 1. The molecule has 0 fully saturated rings. The van der Waals surface area contributed by atoms with E-state index in [1.807, 2.05) is 43.3 Å². The fraction of sp³-hybridized carbons (Fsp3) is 0.148. The van der Waals surface area contributed by atoms with Crippen molar-refractivity contribution >= 4 is 41.4 Å². The summed E-state index contributed by atoms with van der Waals surface area (Å²) in [6, 6.07) is 19.1. The Kier molecular flexibility index (Phi) is 9.07. The summed E-state index contributed by atoms with van der Waals surface area (Å²) in [5.74, 6) is -1.02.